The summed E-state index contributed by atoms with van der Waals surface area (Å²) >= 11 is 0. The maximum Gasteiger partial charge on any atom is 0.316 e. The summed E-state index contributed by atoms with van der Waals surface area (Å²) in [5.41, 5.74) is 7.54. The van der Waals surface area contributed by atoms with Gasteiger partial charge >= 0.3 is 11.8 Å². The molecule has 0 aliphatic carbocycles. The number of carbonyl (C=O) groups excluding carboxylic acids is 2. The predicted molar refractivity (Wildman–Crippen MR) is 78.5 cm³/mol. The first kappa shape index (κ1) is 14.5. The lowest BCUT2D eigenvalue weighted by atomic mass is 9.97. The van der Waals surface area contributed by atoms with Crippen molar-refractivity contribution in [1.29, 1.82) is 0 Å². The largest absolute Gasteiger partial charge is 0.336 e. The topological polar surface area (TPSA) is 66.6 Å². The Morgan fingerprint density at radius 3 is 2.40 bits per heavy atom. The minimum atomic E-state index is -0.457. The van der Waals surface area contributed by atoms with Gasteiger partial charge in [-0.15, -0.1) is 0 Å². The quantitative estimate of drug-likeness (QED) is 0.832. The van der Waals surface area contributed by atoms with Crippen molar-refractivity contribution in [1.82, 2.24) is 4.90 Å². The van der Waals surface area contributed by atoms with Gasteiger partial charge in [0.25, 0.3) is 0 Å². The molecule has 5 heteroatoms. The molecule has 1 saturated heterocycles. The molecule has 1 atom stereocenters. The van der Waals surface area contributed by atoms with E-state index in [9.17, 15) is 9.59 Å². The molecular weight excluding hydrogens is 254 g/mol. The van der Waals surface area contributed by atoms with Crippen molar-refractivity contribution in [2.75, 3.05) is 31.6 Å². The first-order valence-corrected chi connectivity index (χ1v) is 6.91. The van der Waals surface area contributed by atoms with E-state index in [0.29, 0.717) is 25.6 Å². The van der Waals surface area contributed by atoms with Gasteiger partial charge in [0.2, 0.25) is 0 Å². The number of rotatable bonds is 4. The summed E-state index contributed by atoms with van der Waals surface area (Å²) in [5.74, 6) is -0.503. The fourth-order valence-corrected chi connectivity index (χ4v) is 2.38. The van der Waals surface area contributed by atoms with Crippen LogP contribution in [0, 0.1) is 0 Å². The van der Waals surface area contributed by atoms with Crippen LogP contribution in [0.25, 0.3) is 0 Å². The van der Waals surface area contributed by atoms with E-state index in [2.05, 4.69) is 6.92 Å². The lowest BCUT2D eigenvalue weighted by Crippen LogP contribution is -2.53. The molecule has 2 N–H and O–H groups in total. The molecule has 20 heavy (non-hydrogen) atoms. The number of hydrogen-bond donors (Lipinski definition) is 1. The zero-order chi connectivity index (χ0) is 14.7. The van der Waals surface area contributed by atoms with Crippen molar-refractivity contribution in [2.24, 2.45) is 5.73 Å². The SMILES string of the molecule is CC(CCN)c1ccc(N2CCN(C)C(=O)C2=O)cc1. The molecule has 1 aliphatic heterocycles. The molecule has 0 spiro atoms. The summed E-state index contributed by atoms with van der Waals surface area (Å²) in [5, 5.41) is 0. The van der Waals surface area contributed by atoms with Crippen molar-refractivity contribution in [2.45, 2.75) is 19.3 Å². The molecule has 0 radical (unpaired) electrons. The van der Waals surface area contributed by atoms with Gasteiger partial charge < -0.3 is 15.5 Å². The number of nitrogens with zero attached hydrogens (tertiary/aromatic N) is 2. The highest BCUT2D eigenvalue weighted by atomic mass is 16.2. The second kappa shape index (κ2) is 6.05. The van der Waals surface area contributed by atoms with E-state index < -0.39 is 11.8 Å². The van der Waals surface area contributed by atoms with Crippen LogP contribution >= 0.6 is 0 Å². The smallest absolute Gasteiger partial charge is 0.316 e. The monoisotopic (exact) mass is 275 g/mol. The van der Waals surface area contributed by atoms with Gasteiger partial charge in [-0.05, 0) is 36.6 Å². The van der Waals surface area contributed by atoms with Crippen LogP contribution in [-0.4, -0.2) is 43.4 Å². The van der Waals surface area contributed by atoms with Crippen LogP contribution < -0.4 is 10.6 Å². The number of piperazine rings is 1. The van der Waals surface area contributed by atoms with Crippen LogP contribution in [-0.2, 0) is 9.59 Å². The van der Waals surface area contributed by atoms with Crippen molar-refractivity contribution in [3.63, 3.8) is 0 Å². The Morgan fingerprint density at radius 1 is 1.15 bits per heavy atom. The number of carbonyl (C=O) groups is 2. The maximum absolute atomic E-state index is 12.0. The van der Waals surface area contributed by atoms with E-state index in [-0.39, 0.29) is 0 Å². The number of anilines is 1. The lowest BCUT2D eigenvalue weighted by molar-refractivity contribution is -0.145. The van der Waals surface area contributed by atoms with Gasteiger partial charge in [-0.25, -0.2) is 0 Å². The van der Waals surface area contributed by atoms with Crippen LogP contribution in [0.5, 0.6) is 0 Å². The molecule has 0 saturated carbocycles. The zero-order valence-electron chi connectivity index (χ0n) is 12.0. The highest BCUT2D eigenvalue weighted by Crippen LogP contribution is 2.23. The Bertz CT molecular complexity index is 498. The van der Waals surface area contributed by atoms with Gasteiger partial charge in [0.15, 0.2) is 0 Å². The van der Waals surface area contributed by atoms with E-state index in [1.165, 1.54) is 10.5 Å². The van der Waals surface area contributed by atoms with Gasteiger partial charge in [-0.1, -0.05) is 19.1 Å². The van der Waals surface area contributed by atoms with Crippen molar-refractivity contribution >= 4 is 17.5 Å². The molecule has 108 valence electrons. The third kappa shape index (κ3) is 2.82. The molecule has 0 bridgehead atoms. The van der Waals surface area contributed by atoms with Gasteiger partial charge in [-0.3, -0.25) is 9.59 Å². The third-order valence-electron chi connectivity index (χ3n) is 3.81. The molecular formula is C15H21N3O2. The van der Waals surface area contributed by atoms with Gasteiger partial charge in [-0.2, -0.15) is 0 Å². The summed E-state index contributed by atoms with van der Waals surface area (Å²) in [6.07, 6.45) is 0.936. The van der Waals surface area contributed by atoms with Crippen molar-refractivity contribution in [3.05, 3.63) is 29.8 Å². The van der Waals surface area contributed by atoms with Gasteiger partial charge in [0.05, 0.1) is 0 Å². The second-order valence-corrected chi connectivity index (χ2v) is 5.25. The maximum atomic E-state index is 12.0. The first-order valence-electron chi connectivity index (χ1n) is 6.91. The molecule has 1 aromatic carbocycles. The molecule has 1 aromatic rings. The standard InChI is InChI=1S/C15H21N3O2/c1-11(7-8-16)12-3-5-13(6-4-12)18-10-9-17(2)14(19)15(18)20/h3-6,11H,7-10,16H2,1-2H3. The summed E-state index contributed by atoms with van der Waals surface area (Å²) < 4.78 is 0. The van der Waals surface area contributed by atoms with Crippen LogP contribution in [0.3, 0.4) is 0 Å². The third-order valence-corrected chi connectivity index (χ3v) is 3.81. The normalized spacial score (nSPS) is 17.6. The summed E-state index contributed by atoms with van der Waals surface area (Å²) in [7, 11) is 1.65. The van der Waals surface area contributed by atoms with E-state index in [4.69, 9.17) is 5.73 Å². The van der Waals surface area contributed by atoms with E-state index in [1.54, 1.807) is 11.9 Å². The molecule has 5 nitrogen and oxygen atoms in total. The second-order valence-electron chi connectivity index (χ2n) is 5.25. The zero-order valence-corrected chi connectivity index (χ0v) is 12.0. The molecule has 2 amide bonds. The Balaban J connectivity index is 2.14. The van der Waals surface area contributed by atoms with Gasteiger partial charge in [0, 0.05) is 25.8 Å². The van der Waals surface area contributed by atoms with Crippen molar-refractivity contribution < 1.29 is 9.59 Å². The minimum Gasteiger partial charge on any atom is -0.336 e. The molecule has 2 rings (SSSR count). The van der Waals surface area contributed by atoms with Crippen LogP contribution in [0.2, 0.25) is 0 Å². The van der Waals surface area contributed by atoms with Gasteiger partial charge in [0.1, 0.15) is 0 Å². The Hall–Kier alpha value is -1.88. The molecule has 1 unspecified atom stereocenters. The molecule has 0 aromatic heterocycles. The number of nitrogens with two attached hydrogens (primary N) is 1. The Kier molecular flexibility index (Phi) is 4.39. The predicted octanol–water partition coefficient (Wildman–Crippen LogP) is 0.944. The number of likely N-dealkylation sites (N-methyl/N-ethyl adjacent to an activating group) is 1. The average molecular weight is 275 g/mol. The summed E-state index contributed by atoms with van der Waals surface area (Å²) in [4.78, 5) is 26.7. The Labute approximate surface area is 119 Å². The highest BCUT2D eigenvalue weighted by Gasteiger charge is 2.31. The summed E-state index contributed by atoms with van der Waals surface area (Å²) in [6.45, 7) is 3.90. The number of hydrogen-bond acceptors (Lipinski definition) is 3. The fourth-order valence-electron chi connectivity index (χ4n) is 2.38. The van der Waals surface area contributed by atoms with E-state index in [0.717, 1.165) is 12.1 Å². The molecule has 1 fully saturated rings. The highest BCUT2D eigenvalue weighted by molar-refractivity contribution is 6.40. The van der Waals surface area contributed by atoms with Crippen molar-refractivity contribution in [3.8, 4) is 0 Å². The van der Waals surface area contributed by atoms with Crippen LogP contribution in [0.1, 0.15) is 24.8 Å². The number of benzene rings is 1. The average Bonchev–Trinajstić information content (AvgIpc) is 2.45. The summed E-state index contributed by atoms with van der Waals surface area (Å²) in [6, 6.07) is 7.81. The molecule has 1 heterocycles. The number of amides is 2. The van der Waals surface area contributed by atoms with E-state index >= 15 is 0 Å². The van der Waals surface area contributed by atoms with Crippen LogP contribution in [0.4, 0.5) is 5.69 Å². The molecule has 1 aliphatic rings. The van der Waals surface area contributed by atoms with Crippen LogP contribution in [0.15, 0.2) is 24.3 Å². The minimum absolute atomic E-state index is 0.402. The fraction of sp³-hybridized carbons (Fsp3) is 0.467. The van der Waals surface area contributed by atoms with E-state index in [1.807, 2.05) is 24.3 Å². The Morgan fingerprint density at radius 2 is 1.80 bits per heavy atom. The lowest BCUT2D eigenvalue weighted by Gasteiger charge is -2.31. The first-order chi connectivity index (χ1) is 9.54.